The van der Waals surface area contributed by atoms with Gasteiger partial charge in [-0.25, -0.2) is 0 Å². The van der Waals surface area contributed by atoms with Crippen LogP contribution in [0.1, 0.15) is 32.3 Å². The number of rotatable bonds is 6. The molecule has 0 heterocycles. The van der Waals surface area contributed by atoms with Crippen molar-refractivity contribution in [3.8, 4) is 0 Å². The molecule has 0 atom stereocenters. The lowest BCUT2D eigenvalue weighted by Crippen LogP contribution is -2.46. The Morgan fingerprint density at radius 3 is 2.58 bits per heavy atom. The van der Waals surface area contributed by atoms with Gasteiger partial charge in [0.05, 0.1) is 6.54 Å². The van der Waals surface area contributed by atoms with Crippen LogP contribution in [0.4, 0.5) is 0 Å². The van der Waals surface area contributed by atoms with Crippen LogP contribution in [-0.2, 0) is 11.3 Å². The molecule has 0 radical (unpaired) electrons. The van der Waals surface area contributed by atoms with Crippen LogP contribution in [0.3, 0.4) is 0 Å². The molecule has 0 aromatic heterocycles. The van der Waals surface area contributed by atoms with Gasteiger partial charge in [-0.2, -0.15) is 0 Å². The Morgan fingerprint density at radius 1 is 1.26 bits per heavy atom. The van der Waals surface area contributed by atoms with E-state index in [0.717, 1.165) is 17.4 Å². The Balaban J connectivity index is 1.58. The van der Waals surface area contributed by atoms with E-state index in [0.29, 0.717) is 19.1 Å². The number of amides is 1. The molecule has 1 aliphatic carbocycles. The van der Waals surface area contributed by atoms with Gasteiger partial charge in [0.2, 0.25) is 5.91 Å². The number of nitrogens with one attached hydrogen (secondary N) is 2. The summed E-state index contributed by atoms with van der Waals surface area (Å²) in [6.07, 6.45) is 2.42. The average molecular weight is 260 g/mol. The second-order valence-electron chi connectivity index (χ2n) is 5.82. The lowest BCUT2D eigenvalue weighted by molar-refractivity contribution is -0.120. The zero-order valence-corrected chi connectivity index (χ0v) is 11.9. The van der Waals surface area contributed by atoms with Gasteiger partial charge in [-0.3, -0.25) is 4.79 Å². The molecular formula is C16H24N2O. The summed E-state index contributed by atoms with van der Waals surface area (Å²) in [5.74, 6) is 1.69. The molecular weight excluding hydrogens is 236 g/mol. The van der Waals surface area contributed by atoms with Gasteiger partial charge in [0, 0.05) is 12.6 Å². The fraction of sp³-hybridized carbons (Fsp3) is 0.562. The Kier molecular flexibility index (Phi) is 4.97. The zero-order chi connectivity index (χ0) is 13.7. The molecule has 0 bridgehead atoms. The fourth-order valence-corrected chi connectivity index (χ4v) is 2.47. The molecule has 0 unspecified atom stereocenters. The number of carbonyl (C=O) groups is 1. The third-order valence-corrected chi connectivity index (χ3v) is 4.00. The maximum absolute atomic E-state index is 11.7. The van der Waals surface area contributed by atoms with Crippen molar-refractivity contribution >= 4 is 5.91 Å². The van der Waals surface area contributed by atoms with Crippen molar-refractivity contribution < 1.29 is 4.79 Å². The van der Waals surface area contributed by atoms with Gasteiger partial charge < -0.3 is 10.6 Å². The molecule has 2 N–H and O–H groups in total. The quantitative estimate of drug-likeness (QED) is 0.824. The first-order chi connectivity index (χ1) is 9.15. The summed E-state index contributed by atoms with van der Waals surface area (Å²) in [7, 11) is 0. The molecule has 3 nitrogen and oxygen atoms in total. The molecule has 1 amide bonds. The van der Waals surface area contributed by atoms with Gasteiger partial charge >= 0.3 is 0 Å². The van der Waals surface area contributed by atoms with Gasteiger partial charge in [-0.15, -0.1) is 0 Å². The van der Waals surface area contributed by atoms with Gasteiger partial charge in [0.25, 0.3) is 0 Å². The molecule has 0 aliphatic heterocycles. The van der Waals surface area contributed by atoms with Crippen molar-refractivity contribution in [3.63, 3.8) is 0 Å². The zero-order valence-electron chi connectivity index (χ0n) is 11.9. The van der Waals surface area contributed by atoms with E-state index >= 15 is 0 Å². The van der Waals surface area contributed by atoms with E-state index in [2.05, 4.69) is 24.5 Å². The number of hydrogen-bond donors (Lipinski definition) is 2. The van der Waals surface area contributed by atoms with Crippen molar-refractivity contribution in [1.29, 1.82) is 0 Å². The van der Waals surface area contributed by atoms with Crippen LogP contribution in [0, 0.1) is 11.8 Å². The summed E-state index contributed by atoms with van der Waals surface area (Å²) < 4.78 is 0. The summed E-state index contributed by atoms with van der Waals surface area (Å²) in [6, 6.07) is 10.5. The summed E-state index contributed by atoms with van der Waals surface area (Å²) in [5, 5.41) is 6.26. The van der Waals surface area contributed by atoms with E-state index in [1.807, 2.05) is 30.3 Å². The summed E-state index contributed by atoms with van der Waals surface area (Å²) in [5.41, 5.74) is 1.14. The first kappa shape index (κ1) is 14.1. The highest BCUT2D eigenvalue weighted by Crippen LogP contribution is 2.33. The normalized spacial score (nSPS) is 22.1. The number of benzene rings is 1. The summed E-state index contributed by atoms with van der Waals surface area (Å²) in [4.78, 5) is 11.7. The fourth-order valence-electron chi connectivity index (χ4n) is 2.47. The molecule has 3 heteroatoms. The van der Waals surface area contributed by atoms with Crippen LogP contribution in [0.5, 0.6) is 0 Å². The third-order valence-electron chi connectivity index (χ3n) is 4.00. The molecule has 1 fully saturated rings. The van der Waals surface area contributed by atoms with Crippen LogP contribution in [0.25, 0.3) is 0 Å². The Bertz CT molecular complexity index is 396. The molecule has 1 aromatic carbocycles. The highest BCUT2D eigenvalue weighted by Gasteiger charge is 2.30. The standard InChI is InChI=1S/C16H24N2O/c1-12(2)14-8-15(9-14)17-11-16(19)18-10-13-6-4-3-5-7-13/h3-7,12,14-15,17H,8-11H2,1-2H3,(H,18,19). The van der Waals surface area contributed by atoms with Crippen LogP contribution in [0.2, 0.25) is 0 Å². The van der Waals surface area contributed by atoms with Gasteiger partial charge in [0.15, 0.2) is 0 Å². The SMILES string of the molecule is CC(C)C1CC(NCC(=O)NCc2ccccc2)C1. The first-order valence-electron chi connectivity index (χ1n) is 7.19. The van der Waals surface area contributed by atoms with Crippen molar-refractivity contribution in [3.05, 3.63) is 35.9 Å². The second kappa shape index (κ2) is 6.71. The predicted molar refractivity (Wildman–Crippen MR) is 77.6 cm³/mol. The lowest BCUT2D eigenvalue weighted by atomic mass is 9.74. The molecule has 0 spiro atoms. The van der Waals surface area contributed by atoms with Crippen LogP contribution >= 0.6 is 0 Å². The smallest absolute Gasteiger partial charge is 0.234 e. The highest BCUT2D eigenvalue weighted by molar-refractivity contribution is 5.78. The Hall–Kier alpha value is -1.35. The van der Waals surface area contributed by atoms with E-state index < -0.39 is 0 Å². The van der Waals surface area contributed by atoms with Gasteiger partial charge in [-0.1, -0.05) is 44.2 Å². The van der Waals surface area contributed by atoms with Crippen molar-refractivity contribution in [2.75, 3.05) is 6.54 Å². The number of hydrogen-bond acceptors (Lipinski definition) is 2. The van der Waals surface area contributed by atoms with Crippen LogP contribution in [0.15, 0.2) is 30.3 Å². The van der Waals surface area contributed by atoms with E-state index in [1.54, 1.807) is 0 Å². The largest absolute Gasteiger partial charge is 0.351 e. The van der Waals surface area contributed by atoms with Crippen LogP contribution in [-0.4, -0.2) is 18.5 Å². The summed E-state index contributed by atoms with van der Waals surface area (Å²) in [6.45, 7) is 5.59. The van der Waals surface area contributed by atoms with Gasteiger partial charge in [-0.05, 0) is 30.2 Å². The Labute approximate surface area is 115 Å². The van der Waals surface area contributed by atoms with Crippen molar-refractivity contribution in [2.45, 2.75) is 39.3 Å². The predicted octanol–water partition coefficient (Wildman–Crippen LogP) is 2.33. The first-order valence-corrected chi connectivity index (χ1v) is 7.19. The van der Waals surface area contributed by atoms with Crippen molar-refractivity contribution in [1.82, 2.24) is 10.6 Å². The molecule has 1 saturated carbocycles. The minimum absolute atomic E-state index is 0.0804. The second-order valence-corrected chi connectivity index (χ2v) is 5.82. The van der Waals surface area contributed by atoms with Crippen molar-refractivity contribution in [2.24, 2.45) is 11.8 Å². The highest BCUT2D eigenvalue weighted by atomic mass is 16.1. The Morgan fingerprint density at radius 2 is 1.95 bits per heavy atom. The minimum Gasteiger partial charge on any atom is -0.351 e. The van der Waals surface area contributed by atoms with Gasteiger partial charge in [0.1, 0.15) is 0 Å². The maximum atomic E-state index is 11.7. The maximum Gasteiger partial charge on any atom is 0.234 e. The average Bonchev–Trinajstić information content (AvgIpc) is 2.35. The molecule has 19 heavy (non-hydrogen) atoms. The third kappa shape index (κ3) is 4.35. The van der Waals surface area contributed by atoms with E-state index in [-0.39, 0.29) is 5.91 Å². The molecule has 0 saturated heterocycles. The summed E-state index contributed by atoms with van der Waals surface area (Å²) >= 11 is 0. The van der Waals surface area contributed by atoms with Crippen LogP contribution < -0.4 is 10.6 Å². The lowest BCUT2D eigenvalue weighted by Gasteiger charge is -2.38. The minimum atomic E-state index is 0.0804. The molecule has 1 aliphatic rings. The molecule has 2 rings (SSSR count). The number of carbonyl (C=O) groups excluding carboxylic acids is 1. The van der Waals surface area contributed by atoms with E-state index in [1.165, 1.54) is 12.8 Å². The molecule has 104 valence electrons. The molecule has 1 aromatic rings. The van der Waals surface area contributed by atoms with E-state index in [9.17, 15) is 4.79 Å². The monoisotopic (exact) mass is 260 g/mol. The van der Waals surface area contributed by atoms with E-state index in [4.69, 9.17) is 0 Å². The topological polar surface area (TPSA) is 41.1 Å².